The van der Waals surface area contributed by atoms with Gasteiger partial charge in [-0.1, -0.05) is 47.5 Å². The fourth-order valence-electron chi connectivity index (χ4n) is 3.56. The summed E-state index contributed by atoms with van der Waals surface area (Å²) in [5.74, 6) is 0.985. The van der Waals surface area contributed by atoms with E-state index in [0.29, 0.717) is 21.6 Å². The van der Waals surface area contributed by atoms with Crippen LogP contribution in [0.5, 0.6) is 0 Å². The highest BCUT2D eigenvalue weighted by Gasteiger charge is 2.11. The predicted molar refractivity (Wildman–Crippen MR) is 126 cm³/mol. The van der Waals surface area contributed by atoms with Gasteiger partial charge in [-0.15, -0.1) is 11.8 Å². The molecule has 0 aliphatic heterocycles. The van der Waals surface area contributed by atoms with Crippen LogP contribution in [-0.4, -0.2) is 16.2 Å². The van der Waals surface area contributed by atoms with Gasteiger partial charge in [-0.05, 0) is 48.9 Å². The summed E-state index contributed by atoms with van der Waals surface area (Å²) >= 11 is 13.6. The molecule has 3 nitrogen and oxygen atoms in total. The molecule has 4 rings (SSSR count). The number of nitrogens with zero attached hydrogens (tertiary/aromatic N) is 1. The zero-order valence-electron chi connectivity index (χ0n) is 15.9. The largest absolute Gasteiger partial charge is 0.341 e. The summed E-state index contributed by atoms with van der Waals surface area (Å²) in [5, 5.41) is 6.61. The molecule has 3 aromatic carbocycles. The van der Waals surface area contributed by atoms with Gasteiger partial charge in [-0.25, -0.2) is 0 Å². The van der Waals surface area contributed by atoms with Crippen molar-refractivity contribution >= 4 is 68.4 Å². The lowest BCUT2D eigenvalue weighted by Gasteiger charge is -2.08. The zero-order chi connectivity index (χ0) is 20.4. The van der Waals surface area contributed by atoms with Gasteiger partial charge in [0.1, 0.15) is 0 Å². The Hall–Kier alpha value is -2.14. The zero-order valence-corrected chi connectivity index (χ0v) is 18.2. The molecule has 0 saturated carbocycles. The summed E-state index contributed by atoms with van der Waals surface area (Å²) in [6.45, 7) is 3.05. The fraction of sp³-hybridized carbons (Fsp3) is 0.174. The minimum absolute atomic E-state index is 0.0290. The minimum Gasteiger partial charge on any atom is -0.341 e. The number of aryl methyl sites for hydroxylation is 1. The number of halogens is 2. The van der Waals surface area contributed by atoms with Crippen LogP contribution in [0.2, 0.25) is 10.0 Å². The van der Waals surface area contributed by atoms with Crippen LogP contribution in [0.1, 0.15) is 12.5 Å². The Morgan fingerprint density at radius 1 is 1.00 bits per heavy atom. The number of para-hydroxylation sites is 1. The number of rotatable bonds is 6. The van der Waals surface area contributed by atoms with Crippen LogP contribution in [0, 0.1) is 0 Å². The highest BCUT2D eigenvalue weighted by Crippen LogP contribution is 2.31. The normalized spacial score (nSPS) is 11.3. The third-order valence-electron chi connectivity index (χ3n) is 4.88. The topological polar surface area (TPSA) is 34.0 Å². The van der Waals surface area contributed by atoms with Crippen LogP contribution in [0.4, 0.5) is 5.69 Å². The number of carbonyl (C=O) groups is 1. The monoisotopic (exact) mass is 442 g/mol. The van der Waals surface area contributed by atoms with Crippen molar-refractivity contribution in [1.82, 2.24) is 4.57 Å². The van der Waals surface area contributed by atoms with Crippen LogP contribution in [-0.2, 0) is 17.1 Å². The lowest BCUT2D eigenvalue weighted by atomic mass is 10.1. The molecule has 1 N–H and O–H groups in total. The van der Waals surface area contributed by atoms with Crippen molar-refractivity contribution in [3.63, 3.8) is 0 Å². The van der Waals surface area contributed by atoms with Gasteiger partial charge >= 0.3 is 0 Å². The Labute approximate surface area is 184 Å². The Kier molecular flexibility index (Phi) is 6.04. The van der Waals surface area contributed by atoms with Gasteiger partial charge in [0.2, 0.25) is 5.91 Å². The highest BCUT2D eigenvalue weighted by molar-refractivity contribution is 7.99. The van der Waals surface area contributed by atoms with E-state index in [4.69, 9.17) is 23.2 Å². The molecular formula is C23H20Cl2N2OS. The van der Waals surface area contributed by atoms with Crippen LogP contribution < -0.4 is 5.32 Å². The molecule has 0 aliphatic rings. The molecule has 1 heterocycles. The van der Waals surface area contributed by atoms with E-state index in [1.165, 1.54) is 28.2 Å². The summed E-state index contributed by atoms with van der Waals surface area (Å²) in [6.07, 6.45) is 0. The van der Waals surface area contributed by atoms with Crippen LogP contribution in [0.25, 0.3) is 21.8 Å². The van der Waals surface area contributed by atoms with Crippen LogP contribution in [0.3, 0.4) is 0 Å². The summed E-state index contributed by atoms with van der Waals surface area (Å²) in [6, 6.07) is 19.9. The molecule has 0 saturated heterocycles. The van der Waals surface area contributed by atoms with Crippen molar-refractivity contribution in [2.24, 2.45) is 0 Å². The number of aromatic nitrogens is 1. The van der Waals surface area contributed by atoms with Gasteiger partial charge in [0.05, 0.1) is 5.75 Å². The van der Waals surface area contributed by atoms with E-state index >= 15 is 0 Å². The lowest BCUT2D eigenvalue weighted by molar-refractivity contribution is -0.113. The predicted octanol–water partition coefficient (Wildman–Crippen LogP) is 6.99. The first-order valence-electron chi connectivity index (χ1n) is 9.39. The molecule has 148 valence electrons. The first kappa shape index (κ1) is 20.1. The maximum atomic E-state index is 12.4. The molecule has 1 amide bonds. The van der Waals surface area contributed by atoms with Gasteiger partial charge in [0.15, 0.2) is 0 Å². The second-order valence-electron chi connectivity index (χ2n) is 6.77. The molecule has 1 aromatic heterocycles. The van der Waals surface area contributed by atoms with Crippen molar-refractivity contribution in [2.45, 2.75) is 19.2 Å². The molecule has 4 aromatic rings. The van der Waals surface area contributed by atoms with E-state index in [9.17, 15) is 4.79 Å². The maximum Gasteiger partial charge on any atom is 0.234 e. The molecule has 0 atom stereocenters. The van der Waals surface area contributed by atoms with E-state index in [1.54, 1.807) is 6.07 Å². The second kappa shape index (κ2) is 8.70. The van der Waals surface area contributed by atoms with Gasteiger partial charge < -0.3 is 9.88 Å². The first-order valence-corrected chi connectivity index (χ1v) is 11.3. The molecular weight excluding hydrogens is 423 g/mol. The number of thioether (sulfide) groups is 1. The first-order chi connectivity index (χ1) is 14.1. The standard InChI is InChI=1S/C23H20Cl2N2OS/c1-2-27-21-6-4-3-5-18(21)19-12-17(9-10-22(19)27)26-23(28)14-29-13-15-7-8-16(24)11-20(15)25/h3-12H,2,13-14H2,1H3,(H,26,28). The quantitative estimate of drug-likeness (QED) is 0.348. The van der Waals surface area contributed by atoms with Crippen molar-refractivity contribution < 1.29 is 4.79 Å². The lowest BCUT2D eigenvalue weighted by Crippen LogP contribution is -2.14. The summed E-state index contributed by atoms with van der Waals surface area (Å²) < 4.78 is 2.29. The summed E-state index contributed by atoms with van der Waals surface area (Å²) in [4.78, 5) is 12.4. The van der Waals surface area contributed by atoms with Crippen molar-refractivity contribution in [1.29, 1.82) is 0 Å². The third-order valence-corrected chi connectivity index (χ3v) is 6.45. The maximum absolute atomic E-state index is 12.4. The van der Waals surface area contributed by atoms with Gasteiger partial charge in [-0.3, -0.25) is 4.79 Å². The van der Waals surface area contributed by atoms with Crippen LogP contribution in [0.15, 0.2) is 60.7 Å². The summed E-state index contributed by atoms with van der Waals surface area (Å²) in [7, 11) is 0. The molecule has 0 aliphatic carbocycles. The number of nitrogens with one attached hydrogen (secondary N) is 1. The molecule has 6 heteroatoms. The molecule has 0 bridgehead atoms. The molecule has 0 fully saturated rings. The number of anilines is 1. The van der Waals surface area contributed by atoms with Gasteiger partial charge in [-0.2, -0.15) is 0 Å². The number of hydrogen-bond donors (Lipinski definition) is 1. The van der Waals surface area contributed by atoms with Crippen LogP contribution >= 0.6 is 35.0 Å². The highest BCUT2D eigenvalue weighted by atomic mass is 35.5. The van der Waals surface area contributed by atoms with Gasteiger partial charge in [0, 0.05) is 49.8 Å². The minimum atomic E-state index is -0.0290. The van der Waals surface area contributed by atoms with Crippen molar-refractivity contribution in [3.05, 3.63) is 76.3 Å². The van der Waals surface area contributed by atoms with E-state index in [0.717, 1.165) is 23.2 Å². The number of carbonyl (C=O) groups excluding carboxylic acids is 1. The molecule has 0 unspecified atom stereocenters. The van der Waals surface area contributed by atoms with Crippen molar-refractivity contribution in [3.8, 4) is 0 Å². The molecule has 29 heavy (non-hydrogen) atoms. The smallest absolute Gasteiger partial charge is 0.234 e. The Balaban J connectivity index is 1.46. The SMILES string of the molecule is CCn1c2ccccc2c2cc(NC(=O)CSCc3ccc(Cl)cc3Cl)ccc21. The number of fused-ring (bicyclic) bond motifs is 3. The van der Waals surface area contributed by atoms with E-state index in [1.807, 2.05) is 24.3 Å². The number of amides is 1. The average Bonchev–Trinajstić information content (AvgIpc) is 3.03. The molecule has 0 radical (unpaired) electrons. The fourth-order valence-corrected chi connectivity index (χ4v) is 4.95. The Morgan fingerprint density at radius 3 is 2.59 bits per heavy atom. The molecule has 0 spiro atoms. The number of benzene rings is 3. The van der Waals surface area contributed by atoms with E-state index in [-0.39, 0.29) is 5.91 Å². The van der Waals surface area contributed by atoms with E-state index in [2.05, 4.69) is 47.1 Å². The average molecular weight is 443 g/mol. The van der Waals surface area contributed by atoms with Gasteiger partial charge in [0.25, 0.3) is 0 Å². The Bertz CT molecular complexity index is 1200. The Morgan fingerprint density at radius 2 is 1.79 bits per heavy atom. The third kappa shape index (κ3) is 4.25. The second-order valence-corrected chi connectivity index (χ2v) is 8.60. The summed E-state index contributed by atoms with van der Waals surface area (Å²) in [5.41, 5.74) is 4.18. The number of hydrogen-bond acceptors (Lipinski definition) is 2. The van der Waals surface area contributed by atoms with Crippen molar-refractivity contribution in [2.75, 3.05) is 11.1 Å². The van der Waals surface area contributed by atoms with E-state index < -0.39 is 0 Å².